The molecule has 0 saturated heterocycles. The molecule has 1 aliphatic heterocycles. The number of carbonyl (C=O) groups excluding carboxylic acids is 1. The highest BCUT2D eigenvalue weighted by Crippen LogP contribution is 2.49. The number of fused-ring (bicyclic) bond motifs is 3. The van der Waals surface area contributed by atoms with Gasteiger partial charge in [-0.25, -0.2) is 13.1 Å². The predicted octanol–water partition coefficient (Wildman–Crippen LogP) is 6.80. The summed E-state index contributed by atoms with van der Waals surface area (Å²) in [4.78, 5) is 15.5. The fourth-order valence-electron chi connectivity index (χ4n) is 7.51. The maximum Gasteiger partial charge on any atom is 0.264 e. The zero-order valence-corrected chi connectivity index (χ0v) is 27.9. The topological polar surface area (TPSA) is 95.9 Å². The molecule has 4 atom stereocenters. The molecular formula is C35H47ClN2O5S. The summed E-state index contributed by atoms with van der Waals surface area (Å²) in [7, 11) is -3.79. The van der Waals surface area contributed by atoms with Crippen LogP contribution in [0.3, 0.4) is 0 Å². The van der Waals surface area contributed by atoms with E-state index in [1.54, 1.807) is 32.0 Å². The Labute approximate surface area is 268 Å². The Kier molecular flexibility index (Phi) is 9.74. The van der Waals surface area contributed by atoms with E-state index in [1.807, 2.05) is 12.1 Å². The summed E-state index contributed by atoms with van der Waals surface area (Å²) in [6, 6.07) is 11.4. The highest BCUT2D eigenvalue weighted by Gasteiger charge is 2.48. The van der Waals surface area contributed by atoms with Crippen molar-refractivity contribution in [2.24, 2.45) is 11.8 Å². The molecule has 2 aliphatic carbocycles. The summed E-state index contributed by atoms with van der Waals surface area (Å²) in [5.74, 6) is 0.427. The van der Waals surface area contributed by atoms with Crippen molar-refractivity contribution in [3.05, 3.63) is 70.8 Å². The molecule has 5 rings (SSSR count). The molecule has 0 bridgehead atoms. The normalized spacial score (nSPS) is 24.4. The smallest absolute Gasteiger partial charge is 0.264 e. The second kappa shape index (κ2) is 13.1. The van der Waals surface area contributed by atoms with E-state index in [1.165, 1.54) is 11.1 Å². The molecule has 7 nitrogen and oxygen atoms in total. The first kappa shape index (κ1) is 32.8. The maximum absolute atomic E-state index is 13.2. The lowest BCUT2D eigenvalue weighted by Gasteiger charge is -2.50. The van der Waals surface area contributed by atoms with E-state index < -0.39 is 26.8 Å². The molecule has 1 heterocycles. The van der Waals surface area contributed by atoms with Gasteiger partial charge in [-0.05, 0) is 112 Å². The summed E-state index contributed by atoms with van der Waals surface area (Å²) >= 11 is 6.41. The number of nitrogens with one attached hydrogen (secondary N) is 1. The van der Waals surface area contributed by atoms with Crippen molar-refractivity contribution in [1.82, 2.24) is 4.72 Å². The molecular weight excluding hydrogens is 596 g/mol. The van der Waals surface area contributed by atoms with Crippen LogP contribution in [0.1, 0.15) is 93.6 Å². The monoisotopic (exact) mass is 642 g/mol. The number of sulfonamides is 1. The molecule has 0 unspecified atom stereocenters. The van der Waals surface area contributed by atoms with Crippen LogP contribution in [0.25, 0.3) is 0 Å². The first-order chi connectivity index (χ1) is 20.9. The van der Waals surface area contributed by atoms with Gasteiger partial charge in [0.1, 0.15) is 5.75 Å². The lowest BCUT2D eigenvalue weighted by Crippen LogP contribution is -2.53. The third-order valence-electron chi connectivity index (χ3n) is 10.2. The molecule has 2 aromatic rings. The third kappa shape index (κ3) is 6.54. The molecule has 1 fully saturated rings. The molecule has 0 radical (unpaired) electrons. The highest BCUT2D eigenvalue weighted by atomic mass is 35.5. The van der Waals surface area contributed by atoms with Crippen LogP contribution < -0.4 is 14.4 Å². The summed E-state index contributed by atoms with van der Waals surface area (Å²) in [5.41, 5.74) is 2.49. The van der Waals surface area contributed by atoms with Gasteiger partial charge in [-0.2, -0.15) is 0 Å². The first-order valence-electron chi connectivity index (χ1n) is 16.1. The Balaban J connectivity index is 1.52. The molecule has 1 spiro atoms. The molecule has 240 valence electrons. The number of hydrogen-bond acceptors (Lipinski definition) is 6. The van der Waals surface area contributed by atoms with Crippen LogP contribution in [0.5, 0.6) is 5.75 Å². The van der Waals surface area contributed by atoms with Gasteiger partial charge in [0.05, 0.1) is 23.1 Å². The van der Waals surface area contributed by atoms with Gasteiger partial charge in [0.2, 0.25) is 10.0 Å². The van der Waals surface area contributed by atoms with Crippen molar-refractivity contribution in [3.8, 4) is 5.75 Å². The third-order valence-corrected chi connectivity index (χ3v) is 12.1. The zero-order valence-electron chi connectivity index (χ0n) is 26.3. The number of hydrogen-bond donors (Lipinski definition) is 2. The highest BCUT2D eigenvalue weighted by molar-refractivity contribution is 7.90. The van der Waals surface area contributed by atoms with Gasteiger partial charge in [0.15, 0.2) is 0 Å². The molecule has 44 heavy (non-hydrogen) atoms. The minimum absolute atomic E-state index is 0.149. The SMILES string of the molecule is C=CC[C@@](O)(CCCC)[C@@H]1CC[C@H]1CN1C[C@@]2(CCCc3cc(Cl)ccc32)COc2ccc(C(=O)NS(=O)(=O)C(C)C)cc21. The van der Waals surface area contributed by atoms with Gasteiger partial charge in [-0.15, -0.1) is 6.58 Å². The Bertz CT molecular complexity index is 1490. The molecule has 9 heteroatoms. The maximum atomic E-state index is 13.2. The van der Waals surface area contributed by atoms with E-state index in [4.69, 9.17) is 16.3 Å². The average Bonchev–Trinajstić information content (AvgIpc) is 3.11. The molecule has 2 N–H and O–H groups in total. The summed E-state index contributed by atoms with van der Waals surface area (Å²) in [6.45, 7) is 11.1. The van der Waals surface area contributed by atoms with Crippen LogP contribution in [0.2, 0.25) is 5.02 Å². The van der Waals surface area contributed by atoms with Gasteiger partial charge >= 0.3 is 0 Å². The van der Waals surface area contributed by atoms with Crippen LogP contribution in [-0.4, -0.2) is 50.0 Å². The van der Waals surface area contributed by atoms with E-state index in [0.29, 0.717) is 31.9 Å². The van der Waals surface area contributed by atoms with Crippen LogP contribution in [0.4, 0.5) is 5.69 Å². The van der Waals surface area contributed by atoms with Crippen molar-refractivity contribution in [1.29, 1.82) is 0 Å². The molecule has 1 saturated carbocycles. The van der Waals surface area contributed by atoms with Crippen LogP contribution >= 0.6 is 11.6 Å². The van der Waals surface area contributed by atoms with Crippen LogP contribution in [0.15, 0.2) is 49.1 Å². The summed E-state index contributed by atoms with van der Waals surface area (Å²) in [5, 5.41) is 11.8. The van der Waals surface area contributed by atoms with E-state index in [0.717, 1.165) is 62.1 Å². The first-order valence-corrected chi connectivity index (χ1v) is 18.0. The van der Waals surface area contributed by atoms with Gasteiger partial charge in [0.25, 0.3) is 5.91 Å². The number of amides is 1. The minimum Gasteiger partial charge on any atom is -0.490 e. The van der Waals surface area contributed by atoms with Crippen molar-refractivity contribution < 1.29 is 23.1 Å². The summed E-state index contributed by atoms with van der Waals surface area (Å²) < 4.78 is 33.8. The number of aliphatic hydroxyl groups is 1. The van der Waals surface area contributed by atoms with E-state index in [2.05, 4.69) is 35.3 Å². The van der Waals surface area contributed by atoms with E-state index in [-0.39, 0.29) is 22.8 Å². The van der Waals surface area contributed by atoms with Gasteiger partial charge in [-0.3, -0.25) is 4.79 Å². The van der Waals surface area contributed by atoms with E-state index >= 15 is 0 Å². The number of benzene rings is 2. The number of nitrogens with zero attached hydrogens (tertiary/aromatic N) is 1. The largest absolute Gasteiger partial charge is 0.490 e. The number of anilines is 1. The lowest BCUT2D eigenvalue weighted by atomic mass is 9.62. The number of ether oxygens (including phenoxy) is 1. The van der Waals surface area contributed by atoms with Crippen LogP contribution in [-0.2, 0) is 21.9 Å². The fraction of sp³-hybridized carbons (Fsp3) is 0.571. The quantitative estimate of drug-likeness (QED) is 0.262. The minimum atomic E-state index is -3.79. The Morgan fingerprint density at radius 1 is 1.27 bits per heavy atom. The molecule has 0 aromatic heterocycles. The average molecular weight is 643 g/mol. The standard InChI is InChI=1S/C35H47ClN2O5S/c1-5-7-18-35(40,16-6-2)30-13-10-27(30)21-38-22-34(17-8-9-25-19-28(36)12-14-29(25)34)23-43-32-15-11-26(20-31(32)38)33(39)37-44(41,42)24(3)4/h6,11-12,14-15,19-20,24,27,30,40H,2,5,7-10,13,16-18,21-23H2,1,3-4H3,(H,37,39)/t27-,30+,34-,35+/m0/s1. The Morgan fingerprint density at radius 3 is 2.75 bits per heavy atom. The Hall–Kier alpha value is -2.55. The van der Waals surface area contributed by atoms with Crippen molar-refractivity contribution in [2.45, 2.75) is 94.8 Å². The predicted molar refractivity (Wildman–Crippen MR) is 177 cm³/mol. The second-order valence-electron chi connectivity index (χ2n) is 13.5. The second-order valence-corrected chi connectivity index (χ2v) is 16.1. The molecule has 2 aromatic carbocycles. The fourth-order valence-corrected chi connectivity index (χ4v) is 8.32. The number of aryl methyl sites for hydroxylation is 1. The Morgan fingerprint density at radius 2 is 2.07 bits per heavy atom. The number of rotatable bonds is 11. The van der Waals surface area contributed by atoms with Crippen molar-refractivity contribution >= 4 is 33.2 Å². The molecule has 3 aliphatic rings. The lowest BCUT2D eigenvalue weighted by molar-refractivity contribution is -0.0857. The van der Waals surface area contributed by atoms with Crippen molar-refractivity contribution in [3.63, 3.8) is 0 Å². The van der Waals surface area contributed by atoms with Gasteiger partial charge in [0, 0.05) is 29.1 Å². The molecule has 1 amide bonds. The van der Waals surface area contributed by atoms with Gasteiger partial charge < -0.3 is 14.7 Å². The van der Waals surface area contributed by atoms with Crippen molar-refractivity contribution in [2.75, 3.05) is 24.6 Å². The van der Waals surface area contributed by atoms with E-state index in [9.17, 15) is 18.3 Å². The zero-order chi connectivity index (χ0) is 31.7. The summed E-state index contributed by atoms with van der Waals surface area (Å²) in [6.07, 6.45) is 10.1. The number of unbranched alkanes of at least 4 members (excludes halogenated alkanes) is 1. The van der Waals surface area contributed by atoms with Gasteiger partial charge in [-0.1, -0.05) is 43.5 Å². The number of halogens is 1. The van der Waals surface area contributed by atoms with Crippen LogP contribution in [0, 0.1) is 11.8 Å². The number of carbonyl (C=O) groups is 1.